The van der Waals surface area contributed by atoms with Crippen molar-refractivity contribution in [1.29, 1.82) is 0 Å². The van der Waals surface area contributed by atoms with Crippen LogP contribution in [0.1, 0.15) is 83.1 Å². The molecule has 1 aromatic rings. The quantitative estimate of drug-likeness (QED) is 0.564. The summed E-state index contributed by atoms with van der Waals surface area (Å²) in [6.45, 7) is 16.7. The maximum atomic E-state index is 12.6. The Morgan fingerprint density at radius 2 is 1.94 bits per heavy atom. The molecule has 2 aliphatic rings. The molecule has 2 N–H and O–H groups in total. The predicted molar refractivity (Wildman–Crippen MR) is 125 cm³/mol. The maximum absolute atomic E-state index is 12.6. The lowest BCUT2D eigenvalue weighted by Gasteiger charge is -2.60. The topological polar surface area (TPSA) is 70.7 Å². The van der Waals surface area contributed by atoms with Gasteiger partial charge in [-0.2, -0.15) is 0 Å². The van der Waals surface area contributed by atoms with Crippen molar-refractivity contribution in [2.45, 2.75) is 92.6 Å². The summed E-state index contributed by atoms with van der Waals surface area (Å²) in [6.07, 6.45) is 7.89. The number of hydrogen-bond donors (Lipinski definition) is 2. The van der Waals surface area contributed by atoms with Crippen LogP contribution in [0.25, 0.3) is 0 Å². The van der Waals surface area contributed by atoms with E-state index in [9.17, 15) is 15.0 Å². The maximum Gasteiger partial charge on any atom is 0.342 e. The summed E-state index contributed by atoms with van der Waals surface area (Å²) in [4.78, 5) is 12.6. The van der Waals surface area contributed by atoms with Gasteiger partial charge < -0.3 is 14.6 Å². The summed E-state index contributed by atoms with van der Waals surface area (Å²) < 4.78 is 5.41. The molecule has 0 aliphatic heterocycles. The molecule has 4 nitrogen and oxygen atoms in total. The van der Waals surface area contributed by atoms with Crippen LogP contribution in [0.3, 0.4) is 0 Å². The molecule has 31 heavy (non-hydrogen) atoms. The second-order valence-corrected chi connectivity index (χ2v) is 10.8. The predicted octanol–water partition coefficient (Wildman–Crippen LogP) is 6.00. The number of fused-ring (bicyclic) bond motifs is 1. The molecule has 1 heterocycles. The first-order valence-electron chi connectivity index (χ1n) is 11.7. The number of rotatable bonds is 5. The first-order valence-corrected chi connectivity index (χ1v) is 11.7. The summed E-state index contributed by atoms with van der Waals surface area (Å²) in [5, 5.41) is 21.8. The molecular weight excluding hydrogens is 388 g/mol. The minimum absolute atomic E-state index is 0.0643. The van der Waals surface area contributed by atoms with E-state index in [1.54, 1.807) is 13.8 Å². The standard InChI is InChI=1S/C27H40O4/c1-16(2)9-8-13-27(7)22-11-10-17(3)21(26(22,6)14-12-23(27)28)15-20-24(29)18(4)19(5)31-25(20)30/h9,21-23,28-29H,3,8,10-15H2,1-2,4-7H3/t21-,22-,23-,26-,27+/m1/s1. The summed E-state index contributed by atoms with van der Waals surface area (Å²) in [5.74, 6) is 0.947. The number of aryl methyl sites for hydroxylation is 1. The second kappa shape index (κ2) is 8.61. The third-order valence-electron chi connectivity index (χ3n) is 8.66. The van der Waals surface area contributed by atoms with Crippen molar-refractivity contribution < 1.29 is 14.6 Å². The molecule has 0 radical (unpaired) electrons. The molecule has 2 aliphatic carbocycles. The fourth-order valence-corrected chi connectivity index (χ4v) is 6.53. The molecule has 0 aromatic carbocycles. The number of allylic oxidation sites excluding steroid dienone is 3. The van der Waals surface area contributed by atoms with E-state index >= 15 is 0 Å². The summed E-state index contributed by atoms with van der Waals surface area (Å²) in [5.41, 5.74) is 2.76. The first kappa shape index (κ1) is 23.8. The van der Waals surface area contributed by atoms with Gasteiger partial charge in [-0.1, -0.05) is 37.6 Å². The van der Waals surface area contributed by atoms with Crippen LogP contribution in [0.5, 0.6) is 5.75 Å². The van der Waals surface area contributed by atoms with Gasteiger partial charge in [0.15, 0.2) is 0 Å². The van der Waals surface area contributed by atoms with Crippen molar-refractivity contribution in [3.05, 3.63) is 51.1 Å². The zero-order valence-electron chi connectivity index (χ0n) is 20.2. The van der Waals surface area contributed by atoms with Crippen LogP contribution in [-0.4, -0.2) is 16.3 Å². The third-order valence-corrected chi connectivity index (χ3v) is 8.66. The second-order valence-electron chi connectivity index (χ2n) is 10.8. The average Bonchev–Trinajstić information content (AvgIpc) is 2.68. The van der Waals surface area contributed by atoms with E-state index in [-0.39, 0.29) is 28.6 Å². The van der Waals surface area contributed by atoms with Gasteiger partial charge in [0.05, 0.1) is 11.7 Å². The number of aromatic hydroxyl groups is 1. The van der Waals surface area contributed by atoms with Crippen molar-refractivity contribution in [2.75, 3.05) is 0 Å². The van der Waals surface area contributed by atoms with E-state index < -0.39 is 5.63 Å². The fraction of sp³-hybridized carbons (Fsp3) is 0.667. The molecule has 0 spiro atoms. The van der Waals surface area contributed by atoms with E-state index in [0.717, 1.165) is 44.1 Å². The highest BCUT2D eigenvalue weighted by atomic mass is 16.4. The van der Waals surface area contributed by atoms with Gasteiger partial charge in [-0.05, 0) is 95.3 Å². The van der Waals surface area contributed by atoms with Crippen LogP contribution in [0.4, 0.5) is 0 Å². The van der Waals surface area contributed by atoms with Crippen LogP contribution in [0, 0.1) is 36.5 Å². The molecule has 1 aromatic heterocycles. The molecule has 2 fully saturated rings. The normalized spacial score (nSPS) is 33.1. The smallest absolute Gasteiger partial charge is 0.342 e. The Balaban J connectivity index is 1.98. The molecule has 0 bridgehead atoms. The minimum Gasteiger partial charge on any atom is -0.507 e. The third kappa shape index (κ3) is 4.16. The highest BCUT2D eigenvalue weighted by Gasteiger charge is 2.57. The van der Waals surface area contributed by atoms with Crippen LogP contribution >= 0.6 is 0 Å². The van der Waals surface area contributed by atoms with E-state index in [1.807, 2.05) is 0 Å². The molecule has 0 saturated heterocycles. The van der Waals surface area contributed by atoms with Crippen molar-refractivity contribution in [2.24, 2.45) is 22.7 Å². The SMILES string of the molecule is C=C1CC[C@H]2[C@](C)(CCC=C(C)C)[C@H](O)CC[C@]2(C)[C@@H]1Cc1c(O)c(C)c(C)oc1=O. The van der Waals surface area contributed by atoms with Crippen molar-refractivity contribution >= 4 is 0 Å². The summed E-state index contributed by atoms with van der Waals surface area (Å²) in [7, 11) is 0. The number of hydrogen-bond acceptors (Lipinski definition) is 4. The van der Waals surface area contributed by atoms with Crippen LogP contribution in [0.2, 0.25) is 0 Å². The number of aliphatic hydroxyl groups excluding tert-OH is 1. The molecule has 0 unspecified atom stereocenters. The summed E-state index contributed by atoms with van der Waals surface area (Å²) >= 11 is 0. The fourth-order valence-electron chi connectivity index (χ4n) is 6.53. The van der Waals surface area contributed by atoms with E-state index in [0.29, 0.717) is 29.2 Å². The Morgan fingerprint density at radius 3 is 2.58 bits per heavy atom. The molecular formula is C27H40O4. The zero-order chi connectivity index (χ0) is 23.1. The molecule has 2 saturated carbocycles. The lowest BCUT2D eigenvalue weighted by atomic mass is 9.45. The van der Waals surface area contributed by atoms with Gasteiger partial charge in [-0.25, -0.2) is 4.79 Å². The van der Waals surface area contributed by atoms with Gasteiger partial charge in [-0.3, -0.25) is 0 Å². The lowest BCUT2D eigenvalue weighted by Crippen LogP contribution is -2.56. The van der Waals surface area contributed by atoms with Gasteiger partial charge in [-0.15, -0.1) is 0 Å². The Bertz CT molecular complexity index is 935. The molecule has 0 amide bonds. The first-order chi connectivity index (χ1) is 14.4. The highest BCUT2D eigenvalue weighted by Crippen LogP contribution is 2.62. The Morgan fingerprint density at radius 1 is 1.26 bits per heavy atom. The lowest BCUT2D eigenvalue weighted by molar-refractivity contribution is -0.136. The highest BCUT2D eigenvalue weighted by molar-refractivity contribution is 5.40. The van der Waals surface area contributed by atoms with Crippen LogP contribution in [-0.2, 0) is 6.42 Å². The Kier molecular flexibility index (Phi) is 6.63. The molecule has 172 valence electrons. The van der Waals surface area contributed by atoms with Crippen LogP contribution in [0.15, 0.2) is 33.0 Å². The number of aliphatic hydroxyl groups is 1. The van der Waals surface area contributed by atoms with Gasteiger partial charge in [0.25, 0.3) is 0 Å². The molecule has 3 rings (SSSR count). The van der Waals surface area contributed by atoms with Crippen molar-refractivity contribution in [1.82, 2.24) is 0 Å². The van der Waals surface area contributed by atoms with E-state index in [1.165, 1.54) is 5.57 Å². The van der Waals surface area contributed by atoms with Gasteiger partial charge in [0, 0.05) is 5.56 Å². The van der Waals surface area contributed by atoms with Crippen molar-refractivity contribution in [3.63, 3.8) is 0 Å². The largest absolute Gasteiger partial charge is 0.507 e. The Labute approximate surface area is 187 Å². The van der Waals surface area contributed by atoms with Gasteiger partial charge >= 0.3 is 5.63 Å². The van der Waals surface area contributed by atoms with Crippen molar-refractivity contribution in [3.8, 4) is 5.75 Å². The average molecular weight is 429 g/mol. The summed E-state index contributed by atoms with van der Waals surface area (Å²) in [6, 6.07) is 0. The van der Waals surface area contributed by atoms with Crippen LogP contribution < -0.4 is 5.63 Å². The molecule has 5 atom stereocenters. The zero-order valence-corrected chi connectivity index (χ0v) is 20.2. The van der Waals surface area contributed by atoms with E-state index in [4.69, 9.17) is 4.42 Å². The van der Waals surface area contributed by atoms with Gasteiger partial charge in [0.2, 0.25) is 0 Å². The minimum atomic E-state index is -0.443. The monoisotopic (exact) mass is 428 g/mol. The van der Waals surface area contributed by atoms with Gasteiger partial charge in [0.1, 0.15) is 11.5 Å². The molecule has 4 heteroatoms. The van der Waals surface area contributed by atoms with E-state index in [2.05, 4.69) is 40.3 Å². The Hall–Kier alpha value is -1.81.